The summed E-state index contributed by atoms with van der Waals surface area (Å²) in [6.45, 7) is 0. The van der Waals surface area contributed by atoms with Gasteiger partial charge in [0.25, 0.3) is 0 Å². The van der Waals surface area contributed by atoms with Crippen LogP contribution in [0.3, 0.4) is 0 Å². The van der Waals surface area contributed by atoms with Crippen LogP contribution < -0.4 is 4.13 Å². The Morgan fingerprint density at radius 2 is 0.875 bits per heavy atom. The number of rotatable bonds is 2. The van der Waals surface area contributed by atoms with Crippen molar-refractivity contribution in [2.75, 3.05) is 0 Å². The molecule has 0 aromatic carbocycles. The van der Waals surface area contributed by atoms with Gasteiger partial charge in [-0.2, -0.15) is 26.3 Å². The van der Waals surface area contributed by atoms with Gasteiger partial charge in [0.05, 0.1) is 0 Å². The minimum absolute atomic E-state index is 0. The zero-order chi connectivity index (χ0) is 12.7. The number of sulfonamides is 2. The average Bonchev–Trinajstić information content (AvgIpc) is 1.77. The van der Waals surface area contributed by atoms with E-state index in [9.17, 15) is 43.2 Å². The van der Waals surface area contributed by atoms with Crippen LogP contribution in [0.2, 0.25) is 0 Å². The molecule has 0 fully saturated rings. The predicted octanol–water partition coefficient (Wildman–Crippen LogP) is 0.273. The summed E-state index contributed by atoms with van der Waals surface area (Å²) >= 11 is 0. The van der Waals surface area contributed by atoms with Crippen molar-refractivity contribution in [2.45, 2.75) is 11.0 Å². The van der Waals surface area contributed by atoms with Crippen LogP contribution in [0.5, 0.6) is 0 Å². The second kappa shape index (κ2) is 4.89. The summed E-state index contributed by atoms with van der Waals surface area (Å²) in [5.41, 5.74) is -12.3. The fourth-order valence-electron chi connectivity index (χ4n) is 0.239. The Morgan fingerprint density at radius 1 is 0.688 bits per heavy atom. The van der Waals surface area contributed by atoms with Crippen LogP contribution in [0.4, 0.5) is 26.3 Å². The molecule has 92 valence electrons. The predicted molar refractivity (Wildman–Crippen MR) is 33.1 cm³/mol. The molecular weight excluding hydrogens is 325 g/mol. The molecule has 0 aliphatic rings. The van der Waals surface area contributed by atoms with Crippen molar-refractivity contribution >= 4 is 20.0 Å². The molecule has 0 bridgehead atoms. The first kappa shape index (κ1) is 18.7. The number of hydrogen-bond acceptors (Lipinski definition) is 4. The molecule has 0 aliphatic heterocycles. The van der Waals surface area contributed by atoms with Crippen LogP contribution in [0.15, 0.2) is 0 Å². The maximum absolute atomic E-state index is 11.5. The molecule has 0 rings (SSSR count). The molecule has 0 spiro atoms. The summed E-state index contributed by atoms with van der Waals surface area (Å²) in [6.07, 6.45) is 0. The molecule has 0 aromatic heterocycles. The van der Waals surface area contributed by atoms with Gasteiger partial charge in [0.1, 0.15) is 0 Å². The zero-order valence-corrected chi connectivity index (χ0v) is 10.2. The van der Waals surface area contributed by atoms with Crippen molar-refractivity contribution in [3.8, 4) is 0 Å². The van der Waals surface area contributed by atoms with E-state index in [4.69, 9.17) is 0 Å². The van der Waals surface area contributed by atoms with Gasteiger partial charge in [-0.3, -0.25) is 0 Å². The Kier molecular flexibility index (Phi) is 5.71. The van der Waals surface area contributed by atoms with Crippen molar-refractivity contribution in [2.24, 2.45) is 0 Å². The average molecular weight is 326 g/mol. The van der Waals surface area contributed by atoms with Crippen molar-refractivity contribution in [1.29, 1.82) is 0 Å². The largest absolute Gasteiger partial charge is 3.00 e. The van der Waals surface area contributed by atoms with E-state index in [2.05, 4.69) is 0 Å². The van der Waals surface area contributed by atoms with Gasteiger partial charge in [0, 0.05) is 0 Å². The fourth-order valence-corrected chi connectivity index (χ4v) is 2.15. The first-order chi connectivity index (χ1) is 6.21. The molecule has 0 saturated heterocycles. The normalized spacial score (nSPS) is 14.4. The molecule has 0 aliphatic carbocycles. The number of halogens is 6. The van der Waals surface area contributed by atoms with Crippen LogP contribution >= 0.6 is 0 Å². The summed E-state index contributed by atoms with van der Waals surface area (Å²) in [4.78, 5) is 0. The Bertz CT molecular complexity index is 390. The van der Waals surface area contributed by atoms with Gasteiger partial charge in [0.2, 0.25) is 0 Å². The minimum Gasteiger partial charge on any atom is -0.202 e. The van der Waals surface area contributed by atoms with Gasteiger partial charge in [-0.05, 0) is 0 Å². The fraction of sp³-hybridized carbons (Fsp3) is 1.00. The second-order valence-electron chi connectivity index (χ2n) is 1.98. The van der Waals surface area contributed by atoms with Crippen LogP contribution in [0, 0.1) is 0 Å². The van der Waals surface area contributed by atoms with Crippen LogP contribution in [0.25, 0.3) is 0 Å². The van der Waals surface area contributed by atoms with Gasteiger partial charge >= 0.3 is 56.9 Å². The Morgan fingerprint density at radius 3 is 1.00 bits per heavy atom. The van der Waals surface area contributed by atoms with Crippen LogP contribution in [-0.2, 0) is 45.9 Å². The summed E-state index contributed by atoms with van der Waals surface area (Å²) in [6, 6.07) is 0. The molecule has 0 saturated carbocycles. The molecule has 0 amide bonds. The second-order valence-corrected chi connectivity index (χ2v) is 5.59. The maximum Gasteiger partial charge on any atom is 3.00 e. The van der Waals surface area contributed by atoms with Crippen molar-refractivity contribution in [3.63, 3.8) is 0 Å². The molecule has 0 heterocycles. The van der Waals surface area contributed by atoms with Crippen LogP contribution in [-0.4, -0.2) is 27.9 Å². The molecule has 0 unspecified atom stereocenters. The van der Waals surface area contributed by atoms with Gasteiger partial charge in [-0.1, -0.05) is 4.13 Å². The topological polar surface area (TPSA) is 80.3 Å². The first-order valence-corrected chi connectivity index (χ1v) is 5.58. The van der Waals surface area contributed by atoms with Gasteiger partial charge in [-0.15, -0.1) is 0 Å². The third-order valence-electron chi connectivity index (χ3n) is 0.829. The maximum atomic E-state index is 11.5. The number of hydrogen-bond donors (Lipinski definition) is 1. The molecular formula is C2HF6NO4S2Sc+3. The third kappa shape index (κ3) is 4.29. The Labute approximate surface area is 104 Å². The standard InChI is InChI=1S/C2HF6NO4S2.Sc/c3-1(4,5)14(10,11)9-15(12,13)2(6,7)8;/h9H;/q;+3. The molecule has 1 N–H and O–H groups in total. The summed E-state index contributed by atoms with van der Waals surface area (Å²) in [7, 11) is -13.2. The van der Waals surface area contributed by atoms with Crippen LogP contribution in [0.1, 0.15) is 0 Å². The first-order valence-electron chi connectivity index (χ1n) is 2.62. The Balaban J connectivity index is 0. The van der Waals surface area contributed by atoms with E-state index < -0.39 is 35.2 Å². The van der Waals surface area contributed by atoms with E-state index in [1.165, 1.54) is 0 Å². The monoisotopic (exact) mass is 326 g/mol. The van der Waals surface area contributed by atoms with E-state index >= 15 is 0 Å². The van der Waals surface area contributed by atoms with Crippen molar-refractivity contribution in [1.82, 2.24) is 4.13 Å². The van der Waals surface area contributed by atoms with E-state index in [-0.39, 0.29) is 25.8 Å². The van der Waals surface area contributed by atoms with E-state index in [1.54, 1.807) is 0 Å². The SMILES string of the molecule is O=S(=O)(NS(=O)(=O)C(F)(F)F)C(F)(F)F.[Sc+3]. The smallest absolute Gasteiger partial charge is 0.202 e. The number of nitrogens with one attached hydrogen (secondary N) is 1. The quantitative estimate of drug-likeness (QED) is 0.739. The zero-order valence-electron chi connectivity index (χ0n) is 6.79. The number of alkyl halides is 6. The molecule has 0 atom stereocenters. The van der Waals surface area contributed by atoms with E-state index in [1.807, 2.05) is 0 Å². The summed E-state index contributed by atoms with van der Waals surface area (Å²) in [5, 5.41) is 0. The third-order valence-corrected chi connectivity index (χ3v) is 3.80. The molecule has 5 nitrogen and oxygen atoms in total. The molecule has 16 heavy (non-hydrogen) atoms. The van der Waals surface area contributed by atoms with Crippen molar-refractivity contribution in [3.05, 3.63) is 0 Å². The minimum atomic E-state index is -6.60. The summed E-state index contributed by atoms with van der Waals surface area (Å²) in [5.74, 6) is 0. The summed E-state index contributed by atoms with van der Waals surface area (Å²) < 4.78 is 108. The molecule has 0 aromatic rings. The molecule has 0 radical (unpaired) electrons. The molecule has 14 heteroatoms. The van der Waals surface area contributed by atoms with E-state index in [0.29, 0.717) is 0 Å². The van der Waals surface area contributed by atoms with Gasteiger partial charge in [-0.25, -0.2) is 16.8 Å². The van der Waals surface area contributed by atoms with Crippen molar-refractivity contribution < 1.29 is 69.0 Å². The van der Waals surface area contributed by atoms with E-state index in [0.717, 1.165) is 0 Å². The van der Waals surface area contributed by atoms with Gasteiger partial charge < -0.3 is 0 Å². The Hall–Kier alpha value is 0.310. The van der Waals surface area contributed by atoms with Gasteiger partial charge in [0.15, 0.2) is 0 Å².